The molecule has 0 spiro atoms. The Bertz CT molecular complexity index is 1650. The minimum Gasteiger partial charge on any atom is -0.363 e. The van der Waals surface area contributed by atoms with E-state index in [1.807, 2.05) is 13.1 Å². The molecule has 0 radical (unpaired) electrons. The number of pyridine rings is 2. The molecule has 192 valence electrons. The fourth-order valence-corrected chi connectivity index (χ4v) is 6.97. The molecule has 13 nitrogen and oxygen atoms in total. The molecule has 14 heteroatoms. The van der Waals surface area contributed by atoms with Gasteiger partial charge in [0.15, 0.2) is 11.5 Å². The van der Waals surface area contributed by atoms with E-state index in [-0.39, 0.29) is 44.5 Å². The van der Waals surface area contributed by atoms with E-state index in [1.54, 1.807) is 38.2 Å². The summed E-state index contributed by atoms with van der Waals surface area (Å²) in [4.78, 5) is 38.6. The van der Waals surface area contributed by atoms with Crippen molar-refractivity contribution in [3.63, 3.8) is 0 Å². The van der Waals surface area contributed by atoms with Crippen LogP contribution in [0.3, 0.4) is 0 Å². The summed E-state index contributed by atoms with van der Waals surface area (Å²) in [7, 11) is 7.22. The van der Waals surface area contributed by atoms with Crippen molar-refractivity contribution in [2.45, 2.75) is 23.3 Å². The van der Waals surface area contributed by atoms with E-state index < -0.39 is 0 Å². The van der Waals surface area contributed by atoms with Crippen LogP contribution in [0.2, 0.25) is 0 Å². The first-order valence-corrected chi connectivity index (χ1v) is 14.0. The van der Waals surface area contributed by atoms with Crippen molar-refractivity contribution in [2.24, 2.45) is 23.2 Å². The zero-order valence-electron chi connectivity index (χ0n) is 20.9. The first kappa shape index (κ1) is 23.7. The number of halogens is 1. The number of carbonyl (C=O) groups is 1. The molecule has 4 aromatic rings. The van der Waals surface area contributed by atoms with Crippen LogP contribution < -0.4 is 21.1 Å². The van der Waals surface area contributed by atoms with E-state index in [1.165, 1.54) is 4.68 Å². The summed E-state index contributed by atoms with van der Waals surface area (Å²) in [6.45, 7) is 2.06. The van der Waals surface area contributed by atoms with E-state index in [0.717, 1.165) is 29.1 Å². The van der Waals surface area contributed by atoms with Gasteiger partial charge in [-0.2, -0.15) is 15.0 Å². The quantitative estimate of drug-likeness (QED) is 0.229. The second-order valence-electron chi connectivity index (χ2n) is 9.26. The topological polar surface area (TPSA) is 151 Å². The molecule has 0 saturated heterocycles. The van der Waals surface area contributed by atoms with Crippen molar-refractivity contribution in [1.29, 1.82) is 0 Å². The summed E-state index contributed by atoms with van der Waals surface area (Å²) in [6, 6.07) is 3.57. The van der Waals surface area contributed by atoms with Crippen LogP contribution in [-0.4, -0.2) is 58.7 Å². The van der Waals surface area contributed by atoms with Gasteiger partial charge in [-0.25, -0.2) is 9.97 Å². The van der Waals surface area contributed by atoms with E-state index in [4.69, 9.17) is 0 Å². The SMILES string of the molecule is CN=IC1CC1C(=O)Nc1cc(Nc2nccc3c2N(C)[C@@H](C)c2nn(C)nc2-3)c2c(=O)n(C)[nH]c2n1. The highest BCUT2D eigenvalue weighted by Crippen LogP contribution is 2.46. The number of hydrogen-bond donors (Lipinski definition) is 3. The fraction of sp³-hybridized carbons (Fsp3) is 0.391. The van der Waals surface area contributed by atoms with Crippen molar-refractivity contribution in [2.75, 3.05) is 29.6 Å². The maximum Gasteiger partial charge on any atom is 0.277 e. The number of aryl methyl sites for hydroxylation is 2. The molecule has 37 heavy (non-hydrogen) atoms. The number of nitrogens with zero attached hydrogens (tertiary/aromatic N) is 8. The Balaban J connectivity index is 1.42. The van der Waals surface area contributed by atoms with Gasteiger partial charge in [-0.3, -0.25) is 22.5 Å². The van der Waals surface area contributed by atoms with Gasteiger partial charge in [0, 0.05) is 49.9 Å². The van der Waals surface area contributed by atoms with Crippen LogP contribution in [0.5, 0.6) is 0 Å². The second kappa shape index (κ2) is 8.71. The number of hydrogen-bond acceptors (Lipinski definition) is 9. The molecule has 3 N–H and O–H groups in total. The van der Waals surface area contributed by atoms with Gasteiger partial charge in [-0.05, 0) is 40.4 Å². The third-order valence-corrected chi connectivity index (χ3v) is 9.49. The molecule has 1 saturated carbocycles. The molecule has 2 unspecified atom stereocenters. The first-order chi connectivity index (χ1) is 17.8. The van der Waals surface area contributed by atoms with Crippen LogP contribution in [-0.2, 0) is 18.9 Å². The average Bonchev–Trinajstić information content (AvgIpc) is 3.43. The normalized spacial score (nSPS) is 20.5. The minimum absolute atomic E-state index is 0.0284. The van der Waals surface area contributed by atoms with Crippen LogP contribution in [0.1, 0.15) is 25.1 Å². The lowest BCUT2D eigenvalue weighted by Crippen LogP contribution is -2.27. The molecule has 1 aliphatic carbocycles. The summed E-state index contributed by atoms with van der Waals surface area (Å²) < 4.78 is 6.00. The number of fused-ring (bicyclic) bond motifs is 4. The molecule has 2 aliphatic rings. The predicted molar refractivity (Wildman–Crippen MR) is 149 cm³/mol. The first-order valence-electron chi connectivity index (χ1n) is 11.8. The highest BCUT2D eigenvalue weighted by Gasteiger charge is 2.43. The van der Waals surface area contributed by atoms with Gasteiger partial charge in [-0.1, -0.05) is 0 Å². The number of nitrogens with one attached hydrogen (secondary N) is 3. The summed E-state index contributed by atoms with van der Waals surface area (Å²) in [5.74, 6) is 0.831. The third kappa shape index (κ3) is 3.89. The van der Waals surface area contributed by atoms with Gasteiger partial charge in [0.1, 0.15) is 22.6 Å². The number of aromatic amines is 1. The molecule has 6 rings (SSSR count). The monoisotopic (exact) mass is 615 g/mol. The Kier molecular flexibility index (Phi) is 5.58. The van der Waals surface area contributed by atoms with Gasteiger partial charge < -0.3 is 15.5 Å². The van der Waals surface area contributed by atoms with Gasteiger partial charge in [-0.15, -0.1) is 0 Å². The molecule has 5 heterocycles. The lowest BCUT2D eigenvalue weighted by atomic mass is 9.99. The molecule has 4 aromatic heterocycles. The van der Waals surface area contributed by atoms with Crippen LogP contribution in [0.4, 0.5) is 23.0 Å². The fourth-order valence-electron chi connectivity index (χ4n) is 4.76. The standard InChI is InChI=1S/C23H26IN11O2/c1-10-17-18(31-35(5)30-17)11-6-7-26-21(19(11)33(10)3)27-14-9-15(28-20-16(14)23(37)34(4)32-20)29-22(36)12-8-13(12)24-25-2/h6-7,9-10,12-13H,8H2,1-5H3,(H3,26,27,28,29,32,36)/t10-,12?,13?/m0/s1. The smallest absolute Gasteiger partial charge is 0.277 e. The highest BCUT2D eigenvalue weighted by atomic mass is 127. The lowest BCUT2D eigenvalue weighted by molar-refractivity contribution is -0.117. The van der Waals surface area contributed by atoms with Crippen molar-refractivity contribution >= 4 is 61.0 Å². The van der Waals surface area contributed by atoms with Crippen molar-refractivity contribution in [3.8, 4) is 11.3 Å². The maximum atomic E-state index is 13.0. The highest BCUT2D eigenvalue weighted by molar-refractivity contribution is 14.2. The van der Waals surface area contributed by atoms with Gasteiger partial charge >= 0.3 is 0 Å². The number of H-pyrrole nitrogens is 1. The number of alkyl halides is 1. The van der Waals surface area contributed by atoms with E-state index in [0.29, 0.717) is 32.3 Å². The lowest BCUT2D eigenvalue weighted by Gasteiger charge is -2.33. The largest absolute Gasteiger partial charge is 0.363 e. The van der Waals surface area contributed by atoms with E-state index in [2.05, 4.69) is 50.9 Å². The van der Waals surface area contributed by atoms with Crippen molar-refractivity contribution in [3.05, 3.63) is 34.4 Å². The van der Waals surface area contributed by atoms with Crippen molar-refractivity contribution < 1.29 is 4.79 Å². The Morgan fingerprint density at radius 1 is 1.27 bits per heavy atom. The Morgan fingerprint density at radius 2 is 2.08 bits per heavy atom. The molecular weight excluding hydrogens is 589 g/mol. The van der Waals surface area contributed by atoms with Crippen molar-refractivity contribution in [1.82, 2.24) is 34.7 Å². The molecule has 1 aliphatic heterocycles. The number of amides is 1. The predicted octanol–water partition coefficient (Wildman–Crippen LogP) is 2.82. The number of anilines is 4. The summed E-state index contributed by atoms with van der Waals surface area (Å²) in [5.41, 5.74) is 4.07. The Morgan fingerprint density at radius 3 is 2.86 bits per heavy atom. The summed E-state index contributed by atoms with van der Waals surface area (Å²) in [5, 5.41) is 18.8. The second-order valence-corrected chi connectivity index (χ2v) is 12.4. The van der Waals surface area contributed by atoms with Crippen LogP contribution in [0.15, 0.2) is 26.3 Å². The third-order valence-electron chi connectivity index (χ3n) is 6.84. The number of aromatic nitrogens is 7. The average molecular weight is 615 g/mol. The van der Waals surface area contributed by atoms with Gasteiger partial charge in [0.05, 0.1) is 23.3 Å². The molecule has 3 atom stereocenters. The number of rotatable bonds is 5. The molecule has 1 fully saturated rings. The van der Waals surface area contributed by atoms with Crippen LogP contribution in [0.25, 0.3) is 22.3 Å². The molecule has 0 bridgehead atoms. The van der Waals surface area contributed by atoms with Crippen LogP contribution in [0, 0.1) is 5.92 Å². The summed E-state index contributed by atoms with van der Waals surface area (Å²) in [6.07, 6.45) is 2.57. The Hall–Kier alpha value is -3.69. The molecular formula is C23H26IN11O2. The summed E-state index contributed by atoms with van der Waals surface area (Å²) >= 11 is -0.315. The maximum absolute atomic E-state index is 13.0. The zero-order valence-corrected chi connectivity index (χ0v) is 23.1. The van der Waals surface area contributed by atoms with Gasteiger partial charge in [0.25, 0.3) is 5.56 Å². The van der Waals surface area contributed by atoms with Gasteiger partial charge in [0.2, 0.25) is 5.91 Å². The van der Waals surface area contributed by atoms with E-state index >= 15 is 0 Å². The molecule has 1 amide bonds. The minimum atomic E-state index is -0.315. The molecule has 0 aromatic carbocycles. The zero-order chi connectivity index (χ0) is 26.0. The van der Waals surface area contributed by atoms with Crippen LogP contribution >= 0.6 is 21.0 Å². The van der Waals surface area contributed by atoms with E-state index in [9.17, 15) is 9.59 Å². The number of carbonyl (C=O) groups excluding carboxylic acids is 1. The Labute approximate surface area is 221 Å².